The molecular formula is C16H22Cl2N2O2. The number of hydrogen-bond acceptors (Lipinski definition) is 3. The summed E-state index contributed by atoms with van der Waals surface area (Å²) in [5, 5.41) is 0.731. The number of nitrogens with zero attached hydrogens (tertiary/aromatic N) is 1. The molecule has 2 heterocycles. The Morgan fingerprint density at radius 3 is 2.77 bits per heavy atom. The molecule has 2 fully saturated rings. The third-order valence-electron chi connectivity index (χ3n) is 4.45. The highest BCUT2D eigenvalue weighted by molar-refractivity contribution is 6.31. The fourth-order valence-corrected chi connectivity index (χ4v) is 3.61. The quantitative estimate of drug-likeness (QED) is 0.916. The Bertz CT molecular complexity index is 527. The summed E-state index contributed by atoms with van der Waals surface area (Å²) in [5.41, 5.74) is 6.66. The smallest absolute Gasteiger partial charge is 0.252 e. The predicted octanol–water partition coefficient (Wildman–Crippen LogP) is 2.93. The van der Waals surface area contributed by atoms with Gasteiger partial charge < -0.3 is 15.4 Å². The minimum Gasteiger partial charge on any atom is -0.364 e. The first kappa shape index (κ1) is 17.5. The molecule has 0 saturated carbocycles. The van der Waals surface area contributed by atoms with Crippen molar-refractivity contribution in [2.45, 2.75) is 43.9 Å². The molecule has 1 amide bonds. The first-order valence-corrected chi connectivity index (χ1v) is 7.99. The van der Waals surface area contributed by atoms with E-state index in [0.717, 1.165) is 42.8 Å². The number of amides is 1. The average Bonchev–Trinajstić information content (AvgIpc) is 3.16. The monoisotopic (exact) mass is 344 g/mol. The van der Waals surface area contributed by atoms with Crippen LogP contribution in [0.1, 0.15) is 37.3 Å². The van der Waals surface area contributed by atoms with E-state index >= 15 is 0 Å². The number of carbonyl (C=O) groups excluding carboxylic acids is 1. The van der Waals surface area contributed by atoms with Crippen LogP contribution in [0.2, 0.25) is 5.02 Å². The number of benzene rings is 1. The van der Waals surface area contributed by atoms with Gasteiger partial charge in [-0.15, -0.1) is 12.4 Å². The van der Waals surface area contributed by atoms with Crippen LogP contribution in [0.3, 0.4) is 0 Å². The van der Waals surface area contributed by atoms with Gasteiger partial charge in [-0.3, -0.25) is 4.79 Å². The van der Waals surface area contributed by atoms with Crippen molar-refractivity contribution in [2.24, 2.45) is 5.73 Å². The summed E-state index contributed by atoms with van der Waals surface area (Å²) in [6.45, 7) is 1.26. The van der Waals surface area contributed by atoms with Crippen LogP contribution in [-0.2, 0) is 9.53 Å². The maximum atomic E-state index is 12.7. The highest BCUT2D eigenvalue weighted by atomic mass is 35.5. The van der Waals surface area contributed by atoms with Gasteiger partial charge in [-0.25, -0.2) is 0 Å². The number of hydrogen-bond donors (Lipinski definition) is 1. The van der Waals surface area contributed by atoms with Crippen LogP contribution in [0.25, 0.3) is 0 Å². The van der Waals surface area contributed by atoms with Gasteiger partial charge in [-0.05, 0) is 37.3 Å². The summed E-state index contributed by atoms with van der Waals surface area (Å²) in [7, 11) is 0. The normalized spacial score (nSPS) is 27.7. The maximum Gasteiger partial charge on any atom is 0.252 e. The van der Waals surface area contributed by atoms with E-state index in [9.17, 15) is 4.79 Å². The van der Waals surface area contributed by atoms with Gasteiger partial charge in [0.1, 0.15) is 6.10 Å². The number of halogens is 2. The van der Waals surface area contributed by atoms with Crippen molar-refractivity contribution >= 4 is 29.9 Å². The molecule has 2 aliphatic rings. The lowest BCUT2D eigenvalue weighted by molar-refractivity contribution is -0.143. The molecule has 2 N–H and O–H groups in total. The lowest BCUT2D eigenvalue weighted by atomic mass is 10.0. The van der Waals surface area contributed by atoms with Crippen molar-refractivity contribution in [3.05, 3.63) is 34.9 Å². The van der Waals surface area contributed by atoms with E-state index in [1.807, 2.05) is 29.2 Å². The number of rotatable bonds is 3. The van der Waals surface area contributed by atoms with Gasteiger partial charge in [-0.2, -0.15) is 0 Å². The summed E-state index contributed by atoms with van der Waals surface area (Å²) in [5.74, 6) is 0.0911. The third kappa shape index (κ3) is 3.40. The molecule has 1 unspecified atom stereocenters. The van der Waals surface area contributed by atoms with Crippen molar-refractivity contribution < 1.29 is 9.53 Å². The first-order chi connectivity index (χ1) is 10.2. The standard InChI is InChI=1S/C16H21ClN2O2.ClH/c17-13-5-2-1-4-12(13)14-6-3-9-19(14)16(20)15-8-7-11(10-18)21-15;/h1-2,4-5,11,14-15H,3,6-10,18H2;1H/t11-,14?,15+;/m1./s1. The van der Waals surface area contributed by atoms with Crippen LogP contribution in [-0.4, -0.2) is 36.1 Å². The number of carbonyl (C=O) groups is 1. The molecule has 1 aromatic rings. The van der Waals surface area contributed by atoms with E-state index in [4.69, 9.17) is 22.1 Å². The molecule has 0 bridgehead atoms. The Balaban J connectivity index is 0.00000176. The summed E-state index contributed by atoms with van der Waals surface area (Å²) in [6.07, 6.45) is 3.31. The van der Waals surface area contributed by atoms with Crippen molar-refractivity contribution in [3.8, 4) is 0 Å². The van der Waals surface area contributed by atoms with Gasteiger partial charge in [0.15, 0.2) is 0 Å². The molecule has 0 spiro atoms. The van der Waals surface area contributed by atoms with Crippen LogP contribution in [0.5, 0.6) is 0 Å². The Morgan fingerprint density at radius 2 is 2.09 bits per heavy atom. The topological polar surface area (TPSA) is 55.6 Å². The van der Waals surface area contributed by atoms with Gasteiger partial charge in [-0.1, -0.05) is 29.8 Å². The Labute approximate surface area is 142 Å². The summed E-state index contributed by atoms with van der Waals surface area (Å²) >= 11 is 6.29. The molecule has 0 radical (unpaired) electrons. The van der Waals surface area contributed by atoms with E-state index in [1.165, 1.54) is 0 Å². The van der Waals surface area contributed by atoms with Gasteiger partial charge in [0, 0.05) is 18.1 Å². The number of ether oxygens (including phenoxy) is 1. The van der Waals surface area contributed by atoms with Crippen molar-refractivity contribution in [2.75, 3.05) is 13.1 Å². The van der Waals surface area contributed by atoms with Gasteiger partial charge >= 0.3 is 0 Å². The molecule has 2 aliphatic heterocycles. The van der Waals surface area contributed by atoms with E-state index in [1.54, 1.807) is 0 Å². The van der Waals surface area contributed by atoms with Gasteiger partial charge in [0.05, 0.1) is 12.1 Å². The molecule has 0 aromatic heterocycles. The SMILES string of the molecule is Cl.NC[C@H]1CC[C@@H](C(=O)N2CCCC2c2ccccc2Cl)O1. The highest BCUT2D eigenvalue weighted by Crippen LogP contribution is 2.37. The van der Waals surface area contributed by atoms with Crippen LogP contribution >= 0.6 is 24.0 Å². The van der Waals surface area contributed by atoms with Crippen molar-refractivity contribution in [3.63, 3.8) is 0 Å². The molecular weight excluding hydrogens is 323 g/mol. The van der Waals surface area contributed by atoms with Gasteiger partial charge in [0.2, 0.25) is 0 Å². The molecule has 22 heavy (non-hydrogen) atoms. The lowest BCUT2D eigenvalue weighted by Crippen LogP contribution is -2.39. The van der Waals surface area contributed by atoms with Crippen LogP contribution < -0.4 is 5.73 Å². The van der Waals surface area contributed by atoms with Crippen LogP contribution in [0.15, 0.2) is 24.3 Å². The Morgan fingerprint density at radius 1 is 1.32 bits per heavy atom. The molecule has 0 aliphatic carbocycles. The predicted molar refractivity (Wildman–Crippen MR) is 89.3 cm³/mol. The van der Waals surface area contributed by atoms with Crippen molar-refractivity contribution in [1.82, 2.24) is 4.90 Å². The largest absolute Gasteiger partial charge is 0.364 e. The zero-order valence-corrected chi connectivity index (χ0v) is 14.0. The van der Waals surface area contributed by atoms with E-state index in [2.05, 4.69) is 0 Å². The third-order valence-corrected chi connectivity index (χ3v) is 4.79. The zero-order chi connectivity index (χ0) is 14.8. The number of nitrogens with two attached hydrogens (primary N) is 1. The minimum atomic E-state index is -0.332. The average molecular weight is 345 g/mol. The fraction of sp³-hybridized carbons (Fsp3) is 0.562. The van der Waals surface area contributed by atoms with Crippen LogP contribution in [0, 0.1) is 0 Å². The minimum absolute atomic E-state index is 0. The molecule has 3 atom stereocenters. The summed E-state index contributed by atoms with van der Waals surface area (Å²) < 4.78 is 5.75. The van der Waals surface area contributed by atoms with Crippen molar-refractivity contribution in [1.29, 1.82) is 0 Å². The fourth-order valence-electron chi connectivity index (χ4n) is 3.34. The highest BCUT2D eigenvalue weighted by Gasteiger charge is 2.38. The van der Waals surface area contributed by atoms with Crippen LogP contribution in [0.4, 0.5) is 0 Å². The van der Waals surface area contributed by atoms with Gasteiger partial charge in [0.25, 0.3) is 5.91 Å². The van der Waals surface area contributed by atoms with E-state index < -0.39 is 0 Å². The Hall–Kier alpha value is -0.810. The maximum absolute atomic E-state index is 12.7. The molecule has 4 nitrogen and oxygen atoms in total. The summed E-state index contributed by atoms with van der Waals surface area (Å²) in [4.78, 5) is 14.7. The second-order valence-electron chi connectivity index (χ2n) is 5.77. The second kappa shape index (κ2) is 7.64. The molecule has 6 heteroatoms. The molecule has 3 rings (SSSR count). The first-order valence-electron chi connectivity index (χ1n) is 7.61. The molecule has 1 aromatic carbocycles. The molecule has 122 valence electrons. The van der Waals surface area contributed by atoms with E-state index in [0.29, 0.717) is 6.54 Å². The summed E-state index contributed by atoms with van der Waals surface area (Å²) in [6, 6.07) is 7.86. The lowest BCUT2D eigenvalue weighted by Gasteiger charge is -2.28. The Kier molecular flexibility index (Phi) is 6.09. The molecule has 2 saturated heterocycles. The zero-order valence-electron chi connectivity index (χ0n) is 12.4. The number of likely N-dealkylation sites (tertiary alicyclic amines) is 1. The van der Waals surface area contributed by atoms with E-state index in [-0.39, 0.29) is 36.6 Å². The second-order valence-corrected chi connectivity index (χ2v) is 6.18.